The molecule has 0 aliphatic carbocycles. The molecule has 0 saturated carbocycles. The molecular weight excluding hydrogens is 395 g/mol. The van der Waals surface area contributed by atoms with Crippen molar-refractivity contribution in [1.29, 1.82) is 0 Å². The van der Waals surface area contributed by atoms with Crippen LogP contribution in [0.1, 0.15) is 18.9 Å². The first-order valence-corrected chi connectivity index (χ1v) is 10.2. The number of benzene rings is 2. The molecule has 0 aromatic heterocycles. The lowest BCUT2D eigenvalue weighted by molar-refractivity contribution is -0.111. The lowest BCUT2D eigenvalue weighted by Gasteiger charge is -2.08. The maximum Gasteiger partial charge on any atom is 0.248 e. The zero-order valence-corrected chi connectivity index (χ0v) is 16.3. The Morgan fingerprint density at radius 1 is 1.08 bits per heavy atom. The largest absolute Gasteiger partial charge is 0.323 e. The van der Waals surface area contributed by atoms with Crippen LogP contribution < -0.4 is 10.0 Å². The smallest absolute Gasteiger partial charge is 0.248 e. The van der Waals surface area contributed by atoms with E-state index in [1.54, 1.807) is 55.5 Å². The van der Waals surface area contributed by atoms with E-state index in [2.05, 4.69) is 10.0 Å². The van der Waals surface area contributed by atoms with Crippen molar-refractivity contribution >= 4 is 56.6 Å². The van der Waals surface area contributed by atoms with Crippen molar-refractivity contribution < 1.29 is 13.2 Å². The Labute approximate surface area is 163 Å². The lowest BCUT2D eigenvalue weighted by Crippen LogP contribution is -2.16. The predicted octanol–water partition coefficient (Wildman–Crippen LogP) is 4.80. The first-order valence-electron chi connectivity index (χ1n) is 7.84. The van der Waals surface area contributed by atoms with Gasteiger partial charge in [-0.2, -0.15) is 0 Å². The van der Waals surface area contributed by atoms with Crippen LogP contribution in [0, 0.1) is 0 Å². The molecule has 0 aliphatic heterocycles. The molecule has 138 valence electrons. The molecule has 2 aromatic carbocycles. The Morgan fingerprint density at radius 2 is 1.73 bits per heavy atom. The highest BCUT2D eigenvalue weighted by Gasteiger charge is 2.08. The zero-order valence-electron chi connectivity index (χ0n) is 14.0. The molecule has 0 bridgehead atoms. The number of sulfonamides is 1. The summed E-state index contributed by atoms with van der Waals surface area (Å²) in [7, 11) is -3.34. The normalized spacial score (nSPS) is 11.5. The van der Waals surface area contributed by atoms with E-state index < -0.39 is 10.0 Å². The molecule has 0 fully saturated rings. The van der Waals surface area contributed by atoms with E-state index >= 15 is 0 Å². The second-order valence-electron chi connectivity index (χ2n) is 5.49. The van der Waals surface area contributed by atoms with Crippen molar-refractivity contribution in [3.63, 3.8) is 0 Å². The van der Waals surface area contributed by atoms with E-state index in [-0.39, 0.29) is 11.7 Å². The molecule has 26 heavy (non-hydrogen) atoms. The topological polar surface area (TPSA) is 75.3 Å². The molecule has 0 radical (unpaired) electrons. The highest BCUT2D eigenvalue weighted by atomic mass is 35.5. The van der Waals surface area contributed by atoms with Crippen LogP contribution in [0.2, 0.25) is 10.0 Å². The summed E-state index contributed by atoms with van der Waals surface area (Å²) in [5.41, 5.74) is 1.61. The van der Waals surface area contributed by atoms with Crippen molar-refractivity contribution in [2.45, 2.75) is 13.3 Å². The molecular formula is C18H18Cl2N2O3S. The molecule has 5 nitrogen and oxygen atoms in total. The van der Waals surface area contributed by atoms with Gasteiger partial charge in [0.15, 0.2) is 0 Å². The first kappa shape index (κ1) is 20.3. The fourth-order valence-electron chi connectivity index (χ4n) is 2.11. The minimum atomic E-state index is -3.34. The maximum atomic E-state index is 12.0. The zero-order chi connectivity index (χ0) is 19.2. The van der Waals surface area contributed by atoms with Gasteiger partial charge in [0.2, 0.25) is 15.9 Å². The van der Waals surface area contributed by atoms with Crippen molar-refractivity contribution in [3.05, 3.63) is 64.1 Å². The van der Waals surface area contributed by atoms with E-state index in [1.807, 2.05) is 0 Å². The molecule has 0 spiro atoms. The number of halogens is 2. The number of carbonyl (C=O) groups excluding carboxylic acids is 1. The van der Waals surface area contributed by atoms with Crippen LogP contribution in [0.4, 0.5) is 11.4 Å². The van der Waals surface area contributed by atoms with Crippen molar-refractivity contribution in [2.75, 3.05) is 15.8 Å². The molecule has 0 aliphatic rings. The summed E-state index contributed by atoms with van der Waals surface area (Å²) in [5, 5.41) is 3.69. The second-order valence-corrected chi connectivity index (χ2v) is 8.17. The maximum absolute atomic E-state index is 12.0. The minimum absolute atomic E-state index is 0.0579. The number of carbonyl (C=O) groups is 1. The van der Waals surface area contributed by atoms with Gasteiger partial charge in [-0.1, -0.05) is 30.1 Å². The van der Waals surface area contributed by atoms with Crippen LogP contribution in [-0.2, 0) is 14.8 Å². The highest BCUT2D eigenvalue weighted by molar-refractivity contribution is 7.92. The summed E-state index contributed by atoms with van der Waals surface area (Å²) in [6.07, 6.45) is 3.44. The highest BCUT2D eigenvalue weighted by Crippen LogP contribution is 2.22. The van der Waals surface area contributed by atoms with E-state index in [4.69, 9.17) is 23.2 Å². The van der Waals surface area contributed by atoms with Crippen LogP contribution in [-0.4, -0.2) is 20.1 Å². The third kappa shape index (κ3) is 6.37. The summed E-state index contributed by atoms with van der Waals surface area (Å²) >= 11 is 11.9. The van der Waals surface area contributed by atoms with Crippen molar-refractivity contribution in [3.8, 4) is 0 Å². The average molecular weight is 413 g/mol. The average Bonchev–Trinajstić information content (AvgIpc) is 2.57. The summed E-state index contributed by atoms with van der Waals surface area (Å²) in [6.45, 7) is 1.79. The van der Waals surface area contributed by atoms with Gasteiger partial charge in [-0.05, 0) is 60.5 Å². The summed E-state index contributed by atoms with van der Waals surface area (Å²) in [5.74, 6) is -0.289. The molecule has 0 saturated heterocycles. The Morgan fingerprint density at radius 3 is 2.38 bits per heavy atom. The van der Waals surface area contributed by atoms with Crippen LogP contribution >= 0.6 is 23.2 Å². The Hall–Kier alpha value is -2.02. The Balaban J connectivity index is 1.99. The van der Waals surface area contributed by atoms with E-state index in [1.165, 1.54) is 6.08 Å². The summed E-state index contributed by atoms with van der Waals surface area (Å²) < 4.78 is 25.9. The van der Waals surface area contributed by atoms with E-state index in [0.29, 0.717) is 33.4 Å². The number of nitrogens with one attached hydrogen (secondary N) is 2. The van der Waals surface area contributed by atoms with Gasteiger partial charge in [0.25, 0.3) is 0 Å². The Kier molecular flexibility index (Phi) is 7.08. The van der Waals surface area contributed by atoms with Gasteiger partial charge in [-0.15, -0.1) is 0 Å². The van der Waals surface area contributed by atoms with Crippen LogP contribution in [0.15, 0.2) is 48.5 Å². The number of rotatable bonds is 7. The second kappa shape index (κ2) is 9.07. The first-order chi connectivity index (χ1) is 12.3. The van der Waals surface area contributed by atoms with Gasteiger partial charge in [0.1, 0.15) is 0 Å². The number of amides is 1. The molecule has 0 heterocycles. The third-order valence-electron chi connectivity index (χ3n) is 3.27. The van der Waals surface area contributed by atoms with Gasteiger partial charge < -0.3 is 5.32 Å². The Bertz CT molecular complexity index is 911. The lowest BCUT2D eigenvalue weighted by atomic mass is 10.2. The molecule has 0 atom stereocenters. The van der Waals surface area contributed by atoms with E-state index in [0.717, 1.165) is 0 Å². The molecule has 2 rings (SSSR count). The van der Waals surface area contributed by atoms with E-state index in [9.17, 15) is 13.2 Å². The SMILES string of the molecule is CCCS(=O)(=O)Nc1ccc(NC(=O)/C=C/c2cc(Cl)ccc2Cl)cc1. The molecule has 2 N–H and O–H groups in total. The van der Waals surface area contributed by atoms with Gasteiger partial charge in [-0.25, -0.2) is 8.42 Å². The quantitative estimate of drug-likeness (QED) is 0.641. The minimum Gasteiger partial charge on any atom is -0.323 e. The molecule has 1 amide bonds. The predicted molar refractivity (Wildman–Crippen MR) is 108 cm³/mol. The molecule has 8 heteroatoms. The summed E-state index contributed by atoms with van der Waals surface area (Å²) in [6, 6.07) is 11.4. The van der Waals surface area contributed by atoms with Crippen molar-refractivity contribution in [1.82, 2.24) is 0 Å². The fraction of sp³-hybridized carbons (Fsp3) is 0.167. The van der Waals surface area contributed by atoms with Gasteiger partial charge in [0, 0.05) is 27.5 Å². The van der Waals surface area contributed by atoms with Crippen LogP contribution in [0.5, 0.6) is 0 Å². The van der Waals surface area contributed by atoms with Gasteiger partial charge in [0.05, 0.1) is 5.75 Å². The van der Waals surface area contributed by atoms with Crippen molar-refractivity contribution in [2.24, 2.45) is 0 Å². The number of hydrogen-bond acceptors (Lipinski definition) is 3. The van der Waals surface area contributed by atoms with Crippen LogP contribution in [0.3, 0.4) is 0 Å². The fourth-order valence-corrected chi connectivity index (χ4v) is 3.61. The van der Waals surface area contributed by atoms with Crippen LogP contribution in [0.25, 0.3) is 6.08 Å². The monoisotopic (exact) mass is 412 g/mol. The number of anilines is 2. The third-order valence-corrected chi connectivity index (χ3v) is 5.34. The number of hydrogen-bond donors (Lipinski definition) is 2. The molecule has 2 aromatic rings. The molecule has 0 unspecified atom stereocenters. The van der Waals surface area contributed by atoms with Gasteiger partial charge >= 0.3 is 0 Å². The van der Waals surface area contributed by atoms with Gasteiger partial charge in [-0.3, -0.25) is 9.52 Å². The summed E-state index contributed by atoms with van der Waals surface area (Å²) in [4.78, 5) is 12.0. The standard InChI is InChI=1S/C18H18Cl2N2O3S/c1-2-11-26(24,25)22-16-7-5-15(6-8-16)21-18(23)10-3-13-12-14(19)4-9-17(13)20/h3-10,12,22H,2,11H2,1H3,(H,21,23)/b10-3+.